The molecule has 0 spiro atoms. The van der Waals surface area contributed by atoms with Crippen LogP contribution in [-0.2, 0) is 4.74 Å². The first kappa shape index (κ1) is 13.7. The Bertz CT molecular complexity index is 318. The summed E-state index contributed by atoms with van der Waals surface area (Å²) in [7, 11) is 0. The first-order chi connectivity index (χ1) is 8.29. The zero-order chi connectivity index (χ0) is 13.4. The first-order valence-electron chi connectivity index (χ1n) is 7.08. The van der Waals surface area contributed by atoms with Crippen LogP contribution in [0.4, 0.5) is 4.79 Å². The molecule has 104 valence electrons. The van der Waals surface area contributed by atoms with E-state index in [1.54, 1.807) is 0 Å². The highest BCUT2D eigenvalue weighted by Crippen LogP contribution is 2.39. The molecule has 0 radical (unpaired) electrons. The maximum atomic E-state index is 12.2. The molecule has 1 unspecified atom stereocenters. The van der Waals surface area contributed by atoms with Crippen molar-refractivity contribution in [3.8, 4) is 0 Å². The smallest absolute Gasteiger partial charge is 0.410 e. The average molecular weight is 254 g/mol. The summed E-state index contributed by atoms with van der Waals surface area (Å²) in [6, 6.07) is 0.279. The topological polar surface area (TPSA) is 55.6 Å². The average Bonchev–Trinajstić information content (AvgIpc) is 2.94. The Kier molecular flexibility index (Phi) is 3.58. The Morgan fingerprint density at radius 1 is 1.39 bits per heavy atom. The molecule has 2 aliphatic rings. The van der Waals surface area contributed by atoms with Gasteiger partial charge in [-0.3, -0.25) is 0 Å². The van der Waals surface area contributed by atoms with Gasteiger partial charge in [0, 0.05) is 18.1 Å². The Morgan fingerprint density at radius 2 is 2.06 bits per heavy atom. The highest BCUT2D eigenvalue weighted by molar-refractivity contribution is 5.68. The van der Waals surface area contributed by atoms with Crippen molar-refractivity contribution in [2.45, 2.75) is 76.5 Å². The Morgan fingerprint density at radius 3 is 2.61 bits per heavy atom. The quantitative estimate of drug-likeness (QED) is 0.824. The molecule has 1 heterocycles. The lowest BCUT2D eigenvalue weighted by molar-refractivity contribution is 0.00782. The van der Waals surface area contributed by atoms with Crippen LogP contribution in [-0.4, -0.2) is 34.7 Å². The number of piperidine rings is 1. The second-order valence-corrected chi connectivity index (χ2v) is 6.89. The predicted molar refractivity (Wildman–Crippen MR) is 71.3 cm³/mol. The van der Waals surface area contributed by atoms with Crippen LogP contribution >= 0.6 is 0 Å². The number of rotatable bonds is 2. The molecule has 2 N–H and O–H groups in total. The lowest BCUT2D eigenvalue weighted by atomic mass is 9.95. The summed E-state index contributed by atoms with van der Waals surface area (Å²) in [5, 5.41) is 0. The molecule has 1 aliphatic heterocycles. The van der Waals surface area contributed by atoms with E-state index in [0.29, 0.717) is 0 Å². The number of hydrogen-bond donors (Lipinski definition) is 1. The van der Waals surface area contributed by atoms with Gasteiger partial charge in [-0.25, -0.2) is 4.79 Å². The lowest BCUT2D eigenvalue weighted by Crippen LogP contribution is -2.48. The SMILES string of the molecule is CC(C)(C)OC(=O)N1CCCCC1CC1(N)CC1. The van der Waals surface area contributed by atoms with E-state index in [-0.39, 0.29) is 17.7 Å². The summed E-state index contributed by atoms with van der Waals surface area (Å²) < 4.78 is 5.49. The molecule has 1 saturated carbocycles. The van der Waals surface area contributed by atoms with E-state index < -0.39 is 5.60 Å². The van der Waals surface area contributed by atoms with Crippen LogP contribution in [0, 0.1) is 0 Å². The van der Waals surface area contributed by atoms with E-state index in [9.17, 15) is 4.79 Å². The zero-order valence-electron chi connectivity index (χ0n) is 11.9. The van der Waals surface area contributed by atoms with E-state index in [2.05, 4.69) is 0 Å². The third kappa shape index (κ3) is 3.61. The first-order valence-corrected chi connectivity index (χ1v) is 7.08. The number of nitrogens with two attached hydrogens (primary N) is 1. The third-order valence-electron chi connectivity index (χ3n) is 3.79. The van der Waals surface area contributed by atoms with Gasteiger partial charge in [-0.05, 0) is 59.3 Å². The minimum atomic E-state index is -0.418. The summed E-state index contributed by atoms with van der Waals surface area (Å²) in [6.07, 6.45) is 6.31. The van der Waals surface area contributed by atoms with Gasteiger partial charge in [-0.2, -0.15) is 0 Å². The maximum Gasteiger partial charge on any atom is 0.410 e. The highest BCUT2D eigenvalue weighted by Gasteiger charge is 2.43. The number of carbonyl (C=O) groups is 1. The van der Waals surface area contributed by atoms with Gasteiger partial charge in [0.25, 0.3) is 0 Å². The highest BCUT2D eigenvalue weighted by atomic mass is 16.6. The van der Waals surface area contributed by atoms with E-state index >= 15 is 0 Å². The van der Waals surface area contributed by atoms with Crippen LogP contribution in [0.3, 0.4) is 0 Å². The van der Waals surface area contributed by atoms with Gasteiger partial charge in [-0.15, -0.1) is 0 Å². The van der Waals surface area contributed by atoms with Gasteiger partial charge >= 0.3 is 6.09 Å². The molecule has 18 heavy (non-hydrogen) atoms. The van der Waals surface area contributed by atoms with Crippen molar-refractivity contribution in [1.29, 1.82) is 0 Å². The molecule has 2 rings (SSSR count). The van der Waals surface area contributed by atoms with E-state index in [1.165, 1.54) is 6.42 Å². The van der Waals surface area contributed by atoms with Crippen LogP contribution in [0.25, 0.3) is 0 Å². The number of hydrogen-bond acceptors (Lipinski definition) is 3. The van der Waals surface area contributed by atoms with Crippen LogP contribution in [0.2, 0.25) is 0 Å². The molecule has 0 bridgehead atoms. The van der Waals surface area contributed by atoms with Crippen LogP contribution in [0.15, 0.2) is 0 Å². The number of ether oxygens (including phenoxy) is 1. The Hall–Kier alpha value is -0.770. The molecule has 0 aromatic carbocycles. The maximum absolute atomic E-state index is 12.2. The normalized spacial score (nSPS) is 26.9. The summed E-state index contributed by atoms with van der Waals surface area (Å²) in [5.74, 6) is 0. The molecule has 1 aliphatic carbocycles. The molecular formula is C14H26N2O2. The van der Waals surface area contributed by atoms with Gasteiger partial charge in [0.05, 0.1) is 0 Å². The van der Waals surface area contributed by atoms with E-state index in [0.717, 1.165) is 38.6 Å². The molecule has 1 amide bonds. The van der Waals surface area contributed by atoms with Gasteiger partial charge < -0.3 is 15.4 Å². The van der Waals surface area contributed by atoms with Gasteiger partial charge in [0.2, 0.25) is 0 Å². The molecule has 1 atom stereocenters. The van der Waals surface area contributed by atoms with Crippen LogP contribution in [0.1, 0.15) is 59.3 Å². The largest absolute Gasteiger partial charge is 0.444 e. The summed E-state index contributed by atoms with van der Waals surface area (Å²) in [6.45, 7) is 6.55. The van der Waals surface area contributed by atoms with Crippen molar-refractivity contribution in [3.05, 3.63) is 0 Å². The third-order valence-corrected chi connectivity index (χ3v) is 3.79. The molecular weight excluding hydrogens is 228 g/mol. The van der Waals surface area contributed by atoms with Crippen molar-refractivity contribution in [3.63, 3.8) is 0 Å². The summed E-state index contributed by atoms with van der Waals surface area (Å²) >= 11 is 0. The minimum Gasteiger partial charge on any atom is -0.444 e. The monoisotopic (exact) mass is 254 g/mol. The molecule has 0 aromatic heterocycles. The van der Waals surface area contributed by atoms with Gasteiger partial charge in [0.15, 0.2) is 0 Å². The lowest BCUT2D eigenvalue weighted by Gasteiger charge is -2.38. The van der Waals surface area contributed by atoms with Crippen molar-refractivity contribution < 1.29 is 9.53 Å². The van der Waals surface area contributed by atoms with Crippen LogP contribution in [0.5, 0.6) is 0 Å². The molecule has 4 heteroatoms. The second kappa shape index (κ2) is 4.72. The van der Waals surface area contributed by atoms with Crippen molar-refractivity contribution in [2.75, 3.05) is 6.54 Å². The van der Waals surface area contributed by atoms with Crippen LogP contribution < -0.4 is 5.73 Å². The summed E-state index contributed by atoms with van der Waals surface area (Å²) in [4.78, 5) is 14.1. The fourth-order valence-electron chi connectivity index (χ4n) is 2.61. The van der Waals surface area contributed by atoms with E-state index in [4.69, 9.17) is 10.5 Å². The zero-order valence-corrected chi connectivity index (χ0v) is 11.9. The van der Waals surface area contributed by atoms with Gasteiger partial charge in [-0.1, -0.05) is 0 Å². The Balaban J connectivity index is 1.96. The van der Waals surface area contributed by atoms with Crippen molar-refractivity contribution >= 4 is 6.09 Å². The number of likely N-dealkylation sites (tertiary alicyclic amines) is 1. The minimum absolute atomic E-state index is 0.00225. The molecule has 0 aromatic rings. The molecule has 2 fully saturated rings. The fraction of sp³-hybridized carbons (Fsp3) is 0.929. The van der Waals surface area contributed by atoms with E-state index in [1.807, 2.05) is 25.7 Å². The summed E-state index contributed by atoms with van der Waals surface area (Å²) in [5.41, 5.74) is 5.77. The Labute approximate surface area is 110 Å². The molecule has 1 saturated heterocycles. The van der Waals surface area contributed by atoms with Crippen molar-refractivity contribution in [1.82, 2.24) is 4.90 Å². The van der Waals surface area contributed by atoms with Gasteiger partial charge in [0.1, 0.15) is 5.60 Å². The fourth-order valence-corrected chi connectivity index (χ4v) is 2.61. The molecule has 4 nitrogen and oxygen atoms in total. The predicted octanol–water partition coefficient (Wildman–Crippen LogP) is 2.66. The second-order valence-electron chi connectivity index (χ2n) is 6.89. The standard InChI is InChI=1S/C14H26N2O2/c1-13(2,3)18-12(17)16-9-5-4-6-11(16)10-14(15)7-8-14/h11H,4-10,15H2,1-3H3. The number of carbonyl (C=O) groups excluding carboxylic acids is 1. The number of amides is 1. The van der Waals surface area contributed by atoms with Crippen molar-refractivity contribution in [2.24, 2.45) is 5.73 Å². The number of nitrogens with zero attached hydrogens (tertiary/aromatic N) is 1.